The van der Waals surface area contributed by atoms with Gasteiger partial charge in [-0.05, 0) is 0 Å². The van der Waals surface area contributed by atoms with E-state index in [2.05, 4.69) is 15.9 Å². The van der Waals surface area contributed by atoms with Crippen molar-refractivity contribution < 1.29 is 14.7 Å². The lowest BCUT2D eigenvalue weighted by molar-refractivity contribution is -0.142. The first kappa shape index (κ1) is 9.42. The minimum atomic E-state index is -1.17. The van der Waals surface area contributed by atoms with Gasteiger partial charge in [0.05, 0.1) is 0 Å². The molecule has 0 heterocycles. The molecule has 1 atom stereocenters. The van der Waals surface area contributed by atoms with Crippen LogP contribution >= 0.6 is 15.9 Å². The van der Waals surface area contributed by atoms with Gasteiger partial charge in [-0.3, -0.25) is 9.59 Å². The molecule has 0 aliphatic heterocycles. The highest BCUT2D eigenvalue weighted by atomic mass is 79.9. The summed E-state index contributed by atoms with van der Waals surface area (Å²) in [5.74, 6) is -1.63. The molecule has 0 saturated heterocycles. The van der Waals surface area contributed by atoms with E-state index in [0.717, 1.165) is 0 Å². The van der Waals surface area contributed by atoms with Crippen molar-refractivity contribution in [3.63, 3.8) is 0 Å². The van der Waals surface area contributed by atoms with Gasteiger partial charge in [0.2, 0.25) is 5.91 Å². The second-order valence-electron chi connectivity index (χ2n) is 1.93. The standard InChI is InChI=1S/C5H8BrNO3/c1-7(2)4(8)3(6)5(9)10/h3H,1-2H3,(H,9,10). The predicted octanol–water partition coefficient (Wildman–Crippen LogP) is -0.0773. The summed E-state index contributed by atoms with van der Waals surface area (Å²) < 4.78 is 0. The van der Waals surface area contributed by atoms with Crippen LogP contribution in [0.15, 0.2) is 0 Å². The van der Waals surface area contributed by atoms with Crippen molar-refractivity contribution in [1.29, 1.82) is 0 Å². The maximum Gasteiger partial charge on any atom is 0.327 e. The number of carboxylic acid groups (broad SMARTS) is 1. The van der Waals surface area contributed by atoms with Crippen molar-refractivity contribution in [3.8, 4) is 0 Å². The molecule has 0 aliphatic rings. The van der Waals surface area contributed by atoms with Crippen molar-refractivity contribution in [2.75, 3.05) is 14.1 Å². The molecule has 5 heteroatoms. The third-order valence-electron chi connectivity index (χ3n) is 0.874. The van der Waals surface area contributed by atoms with E-state index in [-0.39, 0.29) is 0 Å². The average molecular weight is 210 g/mol. The Hall–Kier alpha value is -0.580. The first-order valence-corrected chi connectivity index (χ1v) is 3.46. The topological polar surface area (TPSA) is 57.6 Å². The molecular weight excluding hydrogens is 202 g/mol. The Labute approximate surface area is 66.9 Å². The number of hydrogen-bond acceptors (Lipinski definition) is 2. The predicted molar refractivity (Wildman–Crippen MR) is 39.0 cm³/mol. The summed E-state index contributed by atoms with van der Waals surface area (Å²) in [5, 5.41) is 8.31. The third kappa shape index (κ3) is 2.34. The minimum Gasteiger partial charge on any atom is -0.480 e. The van der Waals surface area contributed by atoms with Gasteiger partial charge in [0.15, 0.2) is 4.83 Å². The third-order valence-corrected chi connectivity index (χ3v) is 1.66. The molecule has 1 amide bonds. The molecule has 0 bridgehead atoms. The highest BCUT2D eigenvalue weighted by Crippen LogP contribution is 2.01. The summed E-state index contributed by atoms with van der Waals surface area (Å²) in [6, 6.07) is 0. The molecule has 0 spiro atoms. The van der Waals surface area contributed by atoms with Crippen LogP contribution in [-0.4, -0.2) is 40.8 Å². The van der Waals surface area contributed by atoms with E-state index < -0.39 is 16.7 Å². The summed E-state index contributed by atoms with van der Waals surface area (Å²) in [4.78, 5) is 21.0. The van der Waals surface area contributed by atoms with Crippen LogP contribution in [0.4, 0.5) is 0 Å². The van der Waals surface area contributed by atoms with E-state index in [9.17, 15) is 9.59 Å². The lowest BCUT2D eigenvalue weighted by Crippen LogP contribution is -2.34. The minimum absolute atomic E-state index is 0.465. The number of nitrogens with zero attached hydrogens (tertiary/aromatic N) is 1. The van der Waals surface area contributed by atoms with Crippen molar-refractivity contribution in [2.45, 2.75) is 4.83 Å². The summed E-state index contributed by atoms with van der Waals surface area (Å²) in [5.41, 5.74) is 0. The Kier molecular flexibility index (Phi) is 3.35. The van der Waals surface area contributed by atoms with Crippen molar-refractivity contribution in [1.82, 2.24) is 4.90 Å². The van der Waals surface area contributed by atoms with Crippen LogP contribution in [0, 0.1) is 0 Å². The van der Waals surface area contributed by atoms with E-state index >= 15 is 0 Å². The Morgan fingerprint density at radius 1 is 1.50 bits per heavy atom. The fourth-order valence-electron chi connectivity index (χ4n) is 0.332. The molecular formula is C5H8BrNO3. The largest absolute Gasteiger partial charge is 0.480 e. The number of carbonyl (C=O) groups excluding carboxylic acids is 1. The molecule has 0 aliphatic carbocycles. The maximum atomic E-state index is 10.8. The highest BCUT2D eigenvalue weighted by Gasteiger charge is 2.23. The first-order valence-electron chi connectivity index (χ1n) is 2.55. The fraction of sp³-hybridized carbons (Fsp3) is 0.600. The van der Waals surface area contributed by atoms with Gasteiger partial charge in [-0.15, -0.1) is 0 Å². The molecule has 0 saturated carbocycles. The maximum absolute atomic E-state index is 10.8. The van der Waals surface area contributed by atoms with Gasteiger partial charge in [-0.25, -0.2) is 0 Å². The second kappa shape index (κ2) is 3.55. The molecule has 0 aromatic heterocycles. The Balaban J connectivity index is 4.08. The quantitative estimate of drug-likeness (QED) is 0.512. The van der Waals surface area contributed by atoms with Gasteiger partial charge >= 0.3 is 5.97 Å². The number of amides is 1. The normalized spacial score (nSPS) is 12.3. The van der Waals surface area contributed by atoms with Crippen LogP contribution in [0.2, 0.25) is 0 Å². The molecule has 0 radical (unpaired) electrons. The molecule has 10 heavy (non-hydrogen) atoms. The van der Waals surface area contributed by atoms with Gasteiger partial charge in [0.25, 0.3) is 0 Å². The van der Waals surface area contributed by atoms with Crippen LogP contribution in [0.5, 0.6) is 0 Å². The van der Waals surface area contributed by atoms with E-state index in [4.69, 9.17) is 5.11 Å². The number of halogens is 1. The number of carboxylic acids is 1. The number of hydrogen-bond donors (Lipinski definition) is 1. The zero-order valence-electron chi connectivity index (χ0n) is 5.67. The van der Waals surface area contributed by atoms with E-state index in [0.29, 0.717) is 0 Å². The highest BCUT2D eigenvalue weighted by molar-refractivity contribution is 9.10. The first-order chi connectivity index (χ1) is 4.46. The molecule has 58 valence electrons. The molecule has 4 nitrogen and oxygen atoms in total. The van der Waals surface area contributed by atoms with Gasteiger partial charge in [-0.2, -0.15) is 0 Å². The van der Waals surface area contributed by atoms with Crippen molar-refractivity contribution in [3.05, 3.63) is 0 Å². The summed E-state index contributed by atoms with van der Waals surface area (Å²) in [6.07, 6.45) is 0. The molecule has 0 fully saturated rings. The van der Waals surface area contributed by atoms with Gasteiger partial charge in [-0.1, -0.05) is 15.9 Å². The second-order valence-corrected chi connectivity index (χ2v) is 2.85. The molecule has 0 aromatic carbocycles. The summed E-state index contributed by atoms with van der Waals surface area (Å²) in [6.45, 7) is 0. The number of carbonyl (C=O) groups is 2. The zero-order chi connectivity index (χ0) is 8.31. The Morgan fingerprint density at radius 3 is 2.00 bits per heavy atom. The van der Waals surface area contributed by atoms with Gasteiger partial charge in [0.1, 0.15) is 0 Å². The molecule has 0 rings (SSSR count). The summed E-state index contributed by atoms with van der Waals surface area (Å²) in [7, 11) is 3.00. The molecule has 1 unspecified atom stereocenters. The SMILES string of the molecule is CN(C)C(=O)C(Br)C(=O)O. The smallest absolute Gasteiger partial charge is 0.327 e. The van der Waals surface area contributed by atoms with Crippen LogP contribution in [0.3, 0.4) is 0 Å². The van der Waals surface area contributed by atoms with Crippen LogP contribution in [0.1, 0.15) is 0 Å². The summed E-state index contributed by atoms with van der Waals surface area (Å²) >= 11 is 2.72. The number of alkyl halides is 1. The zero-order valence-corrected chi connectivity index (χ0v) is 7.25. The van der Waals surface area contributed by atoms with E-state index in [1.54, 1.807) is 0 Å². The lowest BCUT2D eigenvalue weighted by Gasteiger charge is -2.11. The lowest BCUT2D eigenvalue weighted by atomic mass is 10.4. The monoisotopic (exact) mass is 209 g/mol. The van der Waals surface area contributed by atoms with Crippen LogP contribution < -0.4 is 0 Å². The van der Waals surface area contributed by atoms with Gasteiger partial charge in [0, 0.05) is 14.1 Å². The van der Waals surface area contributed by atoms with Crippen LogP contribution in [0.25, 0.3) is 0 Å². The van der Waals surface area contributed by atoms with E-state index in [1.165, 1.54) is 19.0 Å². The molecule has 0 aromatic rings. The molecule has 1 N–H and O–H groups in total. The number of rotatable bonds is 2. The van der Waals surface area contributed by atoms with Crippen LogP contribution in [-0.2, 0) is 9.59 Å². The Morgan fingerprint density at radius 2 is 1.90 bits per heavy atom. The van der Waals surface area contributed by atoms with Crippen molar-refractivity contribution in [2.24, 2.45) is 0 Å². The Bertz CT molecular complexity index is 157. The average Bonchev–Trinajstić information content (AvgIpc) is 1.84. The van der Waals surface area contributed by atoms with Crippen molar-refractivity contribution >= 4 is 27.8 Å². The number of aliphatic carboxylic acids is 1. The van der Waals surface area contributed by atoms with Gasteiger partial charge < -0.3 is 10.0 Å². The van der Waals surface area contributed by atoms with E-state index in [1.807, 2.05) is 0 Å². The fourth-order valence-corrected chi connectivity index (χ4v) is 0.742.